The molecule has 0 radical (unpaired) electrons. The SMILES string of the molecule is CCNC(=O)Nc1cnc2ccc(NCC3CC3)nc2n1. The van der Waals surface area contributed by atoms with Gasteiger partial charge in [0.25, 0.3) is 0 Å². The van der Waals surface area contributed by atoms with Crippen molar-refractivity contribution in [1.29, 1.82) is 0 Å². The zero-order valence-electron chi connectivity index (χ0n) is 11.9. The van der Waals surface area contributed by atoms with Gasteiger partial charge in [0.1, 0.15) is 11.3 Å². The van der Waals surface area contributed by atoms with Gasteiger partial charge in [-0.1, -0.05) is 0 Å². The number of hydrogen-bond donors (Lipinski definition) is 3. The second-order valence-electron chi connectivity index (χ2n) is 5.10. The van der Waals surface area contributed by atoms with Gasteiger partial charge < -0.3 is 10.6 Å². The van der Waals surface area contributed by atoms with Crippen molar-refractivity contribution < 1.29 is 4.79 Å². The Morgan fingerprint density at radius 2 is 2.10 bits per heavy atom. The maximum atomic E-state index is 11.5. The summed E-state index contributed by atoms with van der Waals surface area (Å²) in [6, 6.07) is 3.48. The first kappa shape index (κ1) is 13.5. The lowest BCUT2D eigenvalue weighted by Crippen LogP contribution is -2.28. The van der Waals surface area contributed by atoms with Crippen molar-refractivity contribution in [2.24, 2.45) is 5.92 Å². The van der Waals surface area contributed by atoms with Crippen LogP contribution in [-0.4, -0.2) is 34.1 Å². The lowest BCUT2D eigenvalue weighted by Gasteiger charge is -2.07. The summed E-state index contributed by atoms with van der Waals surface area (Å²) in [6.45, 7) is 3.36. The average Bonchev–Trinajstić information content (AvgIpc) is 3.29. The number of urea groups is 1. The Morgan fingerprint density at radius 1 is 1.29 bits per heavy atom. The number of pyridine rings is 1. The van der Waals surface area contributed by atoms with Crippen LogP contribution in [0.3, 0.4) is 0 Å². The smallest absolute Gasteiger partial charge is 0.320 e. The van der Waals surface area contributed by atoms with Gasteiger partial charge in [0.15, 0.2) is 11.5 Å². The second-order valence-corrected chi connectivity index (χ2v) is 5.10. The van der Waals surface area contributed by atoms with E-state index in [1.165, 1.54) is 19.0 Å². The summed E-state index contributed by atoms with van der Waals surface area (Å²) in [5.41, 5.74) is 1.22. The number of amides is 2. The lowest BCUT2D eigenvalue weighted by molar-refractivity contribution is 0.252. The van der Waals surface area contributed by atoms with Crippen molar-refractivity contribution in [2.75, 3.05) is 23.7 Å². The van der Waals surface area contributed by atoms with E-state index in [1.54, 1.807) is 0 Å². The zero-order chi connectivity index (χ0) is 14.7. The van der Waals surface area contributed by atoms with E-state index in [0.717, 1.165) is 18.3 Å². The van der Waals surface area contributed by atoms with Crippen molar-refractivity contribution in [3.05, 3.63) is 18.3 Å². The summed E-state index contributed by atoms with van der Waals surface area (Å²) in [5, 5.41) is 8.57. The minimum atomic E-state index is -0.297. The van der Waals surface area contributed by atoms with Crippen molar-refractivity contribution in [2.45, 2.75) is 19.8 Å². The molecule has 2 aromatic heterocycles. The van der Waals surface area contributed by atoms with Crippen molar-refractivity contribution in [3.8, 4) is 0 Å². The van der Waals surface area contributed by atoms with E-state index in [2.05, 4.69) is 30.9 Å². The first-order chi connectivity index (χ1) is 10.2. The van der Waals surface area contributed by atoms with Crippen LogP contribution in [0, 0.1) is 5.92 Å². The molecule has 2 aromatic rings. The minimum absolute atomic E-state index is 0.297. The van der Waals surface area contributed by atoms with Gasteiger partial charge in [-0.15, -0.1) is 0 Å². The topological polar surface area (TPSA) is 91.8 Å². The molecule has 0 atom stereocenters. The van der Waals surface area contributed by atoms with Gasteiger partial charge in [-0.05, 0) is 37.8 Å². The fourth-order valence-electron chi connectivity index (χ4n) is 1.95. The molecule has 1 fully saturated rings. The highest BCUT2D eigenvalue weighted by molar-refractivity contribution is 5.88. The molecule has 0 saturated heterocycles. The molecule has 110 valence electrons. The largest absolute Gasteiger partial charge is 0.370 e. The van der Waals surface area contributed by atoms with Gasteiger partial charge in [0.05, 0.1) is 6.20 Å². The normalized spacial score (nSPS) is 14.0. The van der Waals surface area contributed by atoms with E-state index in [0.29, 0.717) is 23.5 Å². The Bertz CT molecular complexity index is 655. The molecule has 0 unspecified atom stereocenters. The molecule has 1 aliphatic carbocycles. The van der Waals surface area contributed by atoms with Gasteiger partial charge in [-0.2, -0.15) is 0 Å². The van der Waals surface area contributed by atoms with E-state index >= 15 is 0 Å². The minimum Gasteiger partial charge on any atom is -0.370 e. The summed E-state index contributed by atoms with van der Waals surface area (Å²) < 4.78 is 0. The predicted octanol–water partition coefficient (Wildman–Crippen LogP) is 1.99. The lowest BCUT2D eigenvalue weighted by atomic mass is 10.3. The Morgan fingerprint density at radius 3 is 2.86 bits per heavy atom. The number of aromatic nitrogens is 3. The monoisotopic (exact) mass is 286 g/mol. The Kier molecular flexibility index (Phi) is 3.81. The van der Waals surface area contributed by atoms with Crippen molar-refractivity contribution in [3.63, 3.8) is 0 Å². The van der Waals surface area contributed by atoms with Crippen LogP contribution in [-0.2, 0) is 0 Å². The molecule has 0 spiro atoms. The first-order valence-electron chi connectivity index (χ1n) is 7.17. The van der Waals surface area contributed by atoms with Crippen LogP contribution in [0.15, 0.2) is 18.3 Å². The molecule has 0 aromatic carbocycles. The highest BCUT2D eigenvalue weighted by atomic mass is 16.2. The van der Waals surface area contributed by atoms with E-state index < -0.39 is 0 Å². The third-order valence-corrected chi connectivity index (χ3v) is 3.25. The van der Waals surface area contributed by atoms with E-state index in [9.17, 15) is 4.79 Å². The van der Waals surface area contributed by atoms with Crippen LogP contribution in [0.5, 0.6) is 0 Å². The molecule has 21 heavy (non-hydrogen) atoms. The van der Waals surface area contributed by atoms with Crippen LogP contribution in [0.4, 0.5) is 16.4 Å². The van der Waals surface area contributed by atoms with E-state index in [-0.39, 0.29) is 6.03 Å². The summed E-state index contributed by atoms with van der Waals surface area (Å²) in [7, 11) is 0. The summed E-state index contributed by atoms with van der Waals surface area (Å²) in [4.78, 5) is 24.5. The van der Waals surface area contributed by atoms with Crippen LogP contribution in [0.1, 0.15) is 19.8 Å². The maximum absolute atomic E-state index is 11.5. The van der Waals surface area contributed by atoms with Gasteiger partial charge in [0, 0.05) is 13.1 Å². The molecule has 7 heteroatoms. The molecule has 0 aliphatic heterocycles. The fourth-order valence-corrected chi connectivity index (χ4v) is 1.95. The van der Waals surface area contributed by atoms with Crippen LogP contribution in [0.2, 0.25) is 0 Å². The number of fused-ring (bicyclic) bond motifs is 1. The second kappa shape index (κ2) is 5.90. The third-order valence-electron chi connectivity index (χ3n) is 3.25. The standard InChI is InChI=1S/C14H18N6O/c1-2-15-14(21)20-12-8-16-10-5-6-11(18-13(10)19-12)17-7-9-3-4-9/h5-6,8-9H,2-4,7H2,1H3,(H3,15,17,18,19,20,21). The van der Waals surface area contributed by atoms with E-state index in [1.807, 2.05) is 19.1 Å². The molecule has 1 aliphatic rings. The zero-order valence-corrected chi connectivity index (χ0v) is 11.9. The molecule has 0 bridgehead atoms. The Balaban J connectivity index is 1.75. The quantitative estimate of drug-likeness (QED) is 0.781. The molecule has 2 amide bonds. The predicted molar refractivity (Wildman–Crippen MR) is 81.2 cm³/mol. The third kappa shape index (κ3) is 3.56. The number of hydrogen-bond acceptors (Lipinski definition) is 5. The highest BCUT2D eigenvalue weighted by Crippen LogP contribution is 2.28. The van der Waals surface area contributed by atoms with Gasteiger partial charge in [-0.25, -0.2) is 19.7 Å². The van der Waals surface area contributed by atoms with Gasteiger partial charge in [0.2, 0.25) is 0 Å². The van der Waals surface area contributed by atoms with Gasteiger partial charge in [-0.3, -0.25) is 5.32 Å². The maximum Gasteiger partial charge on any atom is 0.320 e. The average molecular weight is 286 g/mol. The number of carbonyl (C=O) groups is 1. The summed E-state index contributed by atoms with van der Waals surface area (Å²) in [5.74, 6) is 1.96. The molecule has 3 N–H and O–H groups in total. The molecule has 7 nitrogen and oxygen atoms in total. The van der Waals surface area contributed by atoms with Crippen molar-refractivity contribution >= 4 is 28.8 Å². The van der Waals surface area contributed by atoms with Crippen LogP contribution < -0.4 is 16.0 Å². The van der Waals surface area contributed by atoms with Crippen LogP contribution in [0.25, 0.3) is 11.2 Å². The Labute approximate surface area is 122 Å². The molecule has 3 rings (SSSR count). The number of nitrogens with zero attached hydrogens (tertiary/aromatic N) is 3. The number of rotatable bonds is 5. The molecular formula is C14H18N6O. The molecular weight excluding hydrogens is 268 g/mol. The summed E-state index contributed by atoms with van der Waals surface area (Å²) >= 11 is 0. The molecule has 1 saturated carbocycles. The fraction of sp³-hybridized carbons (Fsp3) is 0.429. The first-order valence-corrected chi connectivity index (χ1v) is 7.17. The molecule has 2 heterocycles. The van der Waals surface area contributed by atoms with Crippen molar-refractivity contribution in [1.82, 2.24) is 20.3 Å². The highest BCUT2D eigenvalue weighted by Gasteiger charge is 2.20. The summed E-state index contributed by atoms with van der Waals surface area (Å²) in [6.07, 6.45) is 4.11. The Hall–Kier alpha value is -2.44. The van der Waals surface area contributed by atoms with Gasteiger partial charge >= 0.3 is 6.03 Å². The number of nitrogens with one attached hydrogen (secondary N) is 3. The number of carbonyl (C=O) groups excluding carboxylic acids is 1. The van der Waals surface area contributed by atoms with E-state index in [4.69, 9.17) is 0 Å². The van der Waals surface area contributed by atoms with Crippen LogP contribution >= 0.6 is 0 Å². The number of anilines is 2.